The summed E-state index contributed by atoms with van der Waals surface area (Å²) in [6.07, 6.45) is -2.28. The van der Waals surface area contributed by atoms with E-state index in [1.807, 2.05) is 9.80 Å². The van der Waals surface area contributed by atoms with Gasteiger partial charge in [0.2, 0.25) is 5.95 Å². The Morgan fingerprint density at radius 1 is 0.966 bits per heavy atom. The lowest BCUT2D eigenvalue weighted by atomic mass is 9.87. The van der Waals surface area contributed by atoms with Gasteiger partial charge in [0.25, 0.3) is 0 Å². The minimum Gasteiger partial charge on any atom is -0.384 e. The van der Waals surface area contributed by atoms with Crippen LogP contribution in [0.1, 0.15) is 11.6 Å². The Morgan fingerprint density at radius 2 is 1.59 bits per heavy atom. The number of rotatable bonds is 3. The second-order valence-electron chi connectivity index (χ2n) is 7.11. The number of alkyl halides is 3. The molecule has 4 rings (SSSR count). The summed E-state index contributed by atoms with van der Waals surface area (Å²) in [5.41, 5.74) is 5.82. The zero-order valence-electron chi connectivity index (χ0n) is 15.8. The smallest absolute Gasteiger partial charge is 0.384 e. The van der Waals surface area contributed by atoms with Gasteiger partial charge in [0.1, 0.15) is 11.6 Å². The van der Waals surface area contributed by atoms with Crippen molar-refractivity contribution < 1.29 is 22.6 Å². The predicted molar refractivity (Wildman–Crippen MR) is 101 cm³/mol. The Bertz CT molecular complexity index is 752. The van der Waals surface area contributed by atoms with Crippen molar-refractivity contribution in [3.63, 3.8) is 0 Å². The molecule has 0 spiro atoms. The summed E-state index contributed by atoms with van der Waals surface area (Å²) in [4.78, 5) is 17.0. The summed E-state index contributed by atoms with van der Waals surface area (Å²) >= 11 is 0. The number of aliphatic imine (C=N–C) groups is 1. The van der Waals surface area contributed by atoms with Crippen molar-refractivity contribution in [2.24, 2.45) is 16.6 Å². The van der Waals surface area contributed by atoms with Crippen LogP contribution >= 0.6 is 0 Å². The van der Waals surface area contributed by atoms with Crippen LogP contribution in [-0.2, 0) is 9.47 Å². The van der Waals surface area contributed by atoms with Crippen LogP contribution < -0.4 is 15.5 Å². The number of hydrogen-bond acceptors (Lipinski definition) is 8. The molecule has 29 heavy (non-hydrogen) atoms. The zero-order valence-corrected chi connectivity index (χ0v) is 15.8. The summed E-state index contributed by atoms with van der Waals surface area (Å²) in [6, 6.07) is 1.63. The number of nitrogens with two attached hydrogens (primary N) is 1. The van der Waals surface area contributed by atoms with Gasteiger partial charge in [0.05, 0.1) is 44.0 Å². The van der Waals surface area contributed by atoms with E-state index in [0.717, 1.165) is 6.08 Å². The molecule has 0 radical (unpaired) electrons. The molecule has 1 aromatic rings. The number of anilines is 2. The summed E-state index contributed by atoms with van der Waals surface area (Å²) < 4.78 is 51.9. The largest absolute Gasteiger partial charge is 0.396 e. The van der Waals surface area contributed by atoms with Gasteiger partial charge in [-0.05, 0) is 6.08 Å². The van der Waals surface area contributed by atoms with Crippen molar-refractivity contribution in [3.05, 3.63) is 23.7 Å². The Morgan fingerprint density at radius 3 is 2.21 bits per heavy atom. The highest BCUT2D eigenvalue weighted by molar-refractivity contribution is 5.71. The van der Waals surface area contributed by atoms with Gasteiger partial charge in [-0.25, -0.2) is 9.98 Å². The Labute approximate surface area is 166 Å². The van der Waals surface area contributed by atoms with E-state index in [0.29, 0.717) is 64.4 Å². The van der Waals surface area contributed by atoms with Gasteiger partial charge in [-0.3, -0.25) is 0 Å². The van der Waals surface area contributed by atoms with Gasteiger partial charge in [0, 0.05) is 38.5 Å². The normalized spacial score (nSPS) is 25.8. The predicted octanol–water partition coefficient (Wildman–Crippen LogP) is 1.30. The number of hydrogen-bond donors (Lipinski definition) is 1. The second kappa shape index (κ2) is 8.15. The number of ether oxygens (including phenoxy) is 2. The standard InChI is InChI=1S/C18H23F3N6O2/c19-18(20,21)13-9-15(22)23-11-12(13)14-10-16(26-1-5-28-6-2-26)25-17(24-14)27-3-7-29-8-4-27/h9-13H,1-8,22H2. The van der Waals surface area contributed by atoms with E-state index in [9.17, 15) is 13.2 Å². The van der Waals surface area contributed by atoms with Crippen LogP contribution in [0.2, 0.25) is 0 Å². The van der Waals surface area contributed by atoms with E-state index in [-0.39, 0.29) is 11.5 Å². The average molecular weight is 412 g/mol. The van der Waals surface area contributed by atoms with Gasteiger partial charge in [0.15, 0.2) is 0 Å². The average Bonchev–Trinajstić information content (AvgIpc) is 2.74. The maximum Gasteiger partial charge on any atom is 0.396 e. The first-order valence-electron chi connectivity index (χ1n) is 9.54. The van der Waals surface area contributed by atoms with Gasteiger partial charge in [-0.2, -0.15) is 18.2 Å². The third kappa shape index (κ3) is 4.45. The lowest BCUT2D eigenvalue weighted by Gasteiger charge is -2.32. The van der Waals surface area contributed by atoms with Crippen LogP contribution in [0, 0.1) is 5.92 Å². The molecule has 0 aliphatic carbocycles. The van der Waals surface area contributed by atoms with Crippen molar-refractivity contribution in [1.29, 1.82) is 0 Å². The van der Waals surface area contributed by atoms with Crippen LogP contribution in [0.3, 0.4) is 0 Å². The van der Waals surface area contributed by atoms with Crippen LogP contribution in [0.4, 0.5) is 24.9 Å². The Hall–Kier alpha value is -2.40. The third-order valence-corrected chi connectivity index (χ3v) is 5.19. The minimum absolute atomic E-state index is 0.139. The number of halogens is 3. The molecule has 2 unspecified atom stereocenters. The summed E-state index contributed by atoms with van der Waals surface area (Å²) in [7, 11) is 0. The molecule has 2 atom stereocenters. The van der Waals surface area contributed by atoms with Crippen molar-refractivity contribution in [2.75, 3.05) is 62.4 Å². The molecule has 2 saturated heterocycles. The number of allylic oxidation sites excluding steroid dienone is 1. The second-order valence-corrected chi connectivity index (χ2v) is 7.11. The van der Waals surface area contributed by atoms with Gasteiger partial charge >= 0.3 is 6.18 Å². The summed E-state index contributed by atoms with van der Waals surface area (Å²) in [5.74, 6) is -1.99. The molecule has 2 fully saturated rings. The first-order chi connectivity index (χ1) is 13.9. The maximum absolute atomic E-state index is 13.7. The molecule has 0 aromatic carbocycles. The van der Waals surface area contributed by atoms with E-state index in [2.05, 4.69) is 15.0 Å². The quantitative estimate of drug-likeness (QED) is 0.800. The molecule has 158 valence electrons. The van der Waals surface area contributed by atoms with E-state index >= 15 is 0 Å². The molecular weight excluding hydrogens is 389 g/mol. The van der Waals surface area contributed by atoms with Crippen molar-refractivity contribution >= 4 is 18.0 Å². The highest BCUT2D eigenvalue weighted by atomic mass is 19.4. The fraction of sp³-hybridized carbons (Fsp3) is 0.611. The van der Waals surface area contributed by atoms with Gasteiger partial charge < -0.3 is 25.0 Å². The van der Waals surface area contributed by atoms with Crippen LogP contribution in [-0.4, -0.2) is 75.0 Å². The molecule has 1 aromatic heterocycles. The van der Waals surface area contributed by atoms with E-state index in [4.69, 9.17) is 15.2 Å². The lowest BCUT2D eigenvalue weighted by Crippen LogP contribution is -2.40. The molecule has 0 amide bonds. The fourth-order valence-corrected chi connectivity index (χ4v) is 3.62. The Balaban J connectivity index is 1.73. The molecule has 11 heteroatoms. The van der Waals surface area contributed by atoms with Crippen molar-refractivity contribution in [2.45, 2.75) is 12.1 Å². The summed E-state index contributed by atoms with van der Waals surface area (Å²) in [5, 5.41) is 0. The number of aromatic nitrogens is 2. The third-order valence-electron chi connectivity index (χ3n) is 5.19. The van der Waals surface area contributed by atoms with E-state index < -0.39 is 18.0 Å². The highest BCUT2D eigenvalue weighted by Gasteiger charge is 2.45. The van der Waals surface area contributed by atoms with Crippen LogP contribution in [0.5, 0.6) is 0 Å². The molecule has 0 bridgehead atoms. The SMILES string of the molecule is NC1=CC(C(F)(F)F)C(c2cc(N3CCOCC3)nc(N3CCOCC3)n2)C=N1. The molecule has 8 nitrogen and oxygen atoms in total. The molecule has 4 heterocycles. The Kier molecular flexibility index (Phi) is 5.59. The molecule has 0 saturated carbocycles. The number of nitrogens with zero attached hydrogens (tertiary/aromatic N) is 5. The van der Waals surface area contributed by atoms with E-state index in [1.54, 1.807) is 6.07 Å². The highest BCUT2D eigenvalue weighted by Crippen LogP contribution is 2.40. The molecule has 3 aliphatic heterocycles. The molecule has 3 aliphatic rings. The van der Waals surface area contributed by atoms with Gasteiger partial charge in [-0.15, -0.1) is 0 Å². The molecular formula is C18H23F3N6O2. The van der Waals surface area contributed by atoms with Crippen LogP contribution in [0.15, 0.2) is 23.0 Å². The zero-order chi connectivity index (χ0) is 20.4. The monoisotopic (exact) mass is 412 g/mol. The maximum atomic E-state index is 13.7. The van der Waals surface area contributed by atoms with E-state index in [1.165, 1.54) is 6.21 Å². The van der Waals surface area contributed by atoms with Crippen molar-refractivity contribution in [3.8, 4) is 0 Å². The summed E-state index contributed by atoms with van der Waals surface area (Å²) in [6.45, 7) is 4.54. The number of morpholine rings is 2. The topological polar surface area (TPSA) is 89.1 Å². The van der Waals surface area contributed by atoms with Gasteiger partial charge in [-0.1, -0.05) is 0 Å². The van der Waals surface area contributed by atoms with Crippen molar-refractivity contribution in [1.82, 2.24) is 9.97 Å². The first kappa shape index (κ1) is 19.9. The molecule has 2 N–H and O–H groups in total. The van der Waals surface area contributed by atoms with Crippen LogP contribution in [0.25, 0.3) is 0 Å². The minimum atomic E-state index is -4.47. The first-order valence-corrected chi connectivity index (χ1v) is 9.54. The lowest BCUT2D eigenvalue weighted by molar-refractivity contribution is -0.163. The fourth-order valence-electron chi connectivity index (χ4n) is 3.62.